The van der Waals surface area contributed by atoms with E-state index in [-0.39, 0.29) is 0 Å². The Bertz CT molecular complexity index is 436. The topological polar surface area (TPSA) is 70.3 Å². The minimum atomic E-state index is 0.809. The van der Waals surface area contributed by atoms with Crippen molar-refractivity contribution in [3.8, 4) is 11.3 Å². The second kappa shape index (κ2) is 5.57. The van der Waals surface area contributed by atoms with Crippen LogP contribution in [0, 0.1) is 0 Å². The average Bonchev–Trinajstić information content (AvgIpc) is 2.38. The summed E-state index contributed by atoms with van der Waals surface area (Å²) in [6, 6.07) is 7.55. The van der Waals surface area contributed by atoms with Gasteiger partial charge >= 0.3 is 0 Å². The minimum Gasteiger partial charge on any atom is -0.265 e. The molecule has 0 radical (unpaired) electrons. The highest BCUT2D eigenvalue weighted by Gasteiger charge is 2.00. The quantitative estimate of drug-likeness (QED) is 0.496. The largest absolute Gasteiger partial charge is 0.265 e. The van der Waals surface area contributed by atoms with Crippen LogP contribution in [-0.2, 0) is 9.32 Å². The molecule has 0 aromatic carbocycles. The van der Waals surface area contributed by atoms with E-state index in [2.05, 4.69) is 19.3 Å². The van der Waals surface area contributed by atoms with Gasteiger partial charge in [0.25, 0.3) is 0 Å². The lowest BCUT2D eigenvalue weighted by Crippen LogP contribution is -1.94. The van der Waals surface area contributed by atoms with E-state index in [0.29, 0.717) is 0 Å². The highest BCUT2D eigenvalue weighted by Crippen LogP contribution is 2.21. The first-order chi connectivity index (χ1) is 7.90. The maximum Gasteiger partial charge on any atom is 0.0719 e. The lowest BCUT2D eigenvalue weighted by atomic mass is 10.2. The minimum absolute atomic E-state index is 0.809. The van der Waals surface area contributed by atoms with Crippen LogP contribution in [-0.4, -0.2) is 9.97 Å². The van der Waals surface area contributed by atoms with Gasteiger partial charge in [0, 0.05) is 24.2 Å². The third-order valence-corrected chi connectivity index (χ3v) is 2.46. The lowest BCUT2D eigenvalue weighted by Gasteiger charge is -2.01. The molecular formula is C10H9N3O2S. The van der Waals surface area contributed by atoms with Crippen molar-refractivity contribution in [3.63, 3.8) is 0 Å². The van der Waals surface area contributed by atoms with Gasteiger partial charge in [0.15, 0.2) is 0 Å². The molecule has 82 valence electrons. The van der Waals surface area contributed by atoms with Crippen LogP contribution in [0.1, 0.15) is 0 Å². The van der Waals surface area contributed by atoms with Gasteiger partial charge in [0.1, 0.15) is 0 Å². The molecule has 0 amide bonds. The predicted molar refractivity (Wildman–Crippen MR) is 59.7 cm³/mol. The third-order valence-electron chi connectivity index (χ3n) is 1.88. The van der Waals surface area contributed by atoms with E-state index in [1.807, 2.05) is 24.3 Å². The van der Waals surface area contributed by atoms with Crippen molar-refractivity contribution in [3.05, 3.63) is 42.9 Å². The van der Waals surface area contributed by atoms with Crippen molar-refractivity contribution >= 4 is 12.0 Å². The van der Waals surface area contributed by atoms with Gasteiger partial charge in [0.05, 0.1) is 22.6 Å². The zero-order valence-electron chi connectivity index (χ0n) is 8.24. The maximum absolute atomic E-state index is 4.73. The van der Waals surface area contributed by atoms with Gasteiger partial charge in [-0.2, -0.15) is 5.90 Å². The van der Waals surface area contributed by atoms with Crippen LogP contribution in [0.5, 0.6) is 0 Å². The fourth-order valence-electron chi connectivity index (χ4n) is 1.18. The summed E-state index contributed by atoms with van der Waals surface area (Å²) < 4.78 is 4.51. The van der Waals surface area contributed by atoms with E-state index in [9.17, 15) is 0 Å². The molecule has 0 aliphatic carbocycles. The van der Waals surface area contributed by atoms with Crippen LogP contribution in [0.15, 0.2) is 47.8 Å². The van der Waals surface area contributed by atoms with Crippen molar-refractivity contribution in [1.82, 2.24) is 9.97 Å². The van der Waals surface area contributed by atoms with Crippen LogP contribution in [0.3, 0.4) is 0 Å². The SMILES string of the molecule is NOOSc1ccc(-c2ccncc2)nc1. The van der Waals surface area contributed by atoms with Gasteiger partial charge in [-0.3, -0.25) is 9.97 Å². The summed E-state index contributed by atoms with van der Waals surface area (Å²) in [5, 5.41) is 0. The Labute approximate surface area is 96.7 Å². The molecule has 0 saturated heterocycles. The number of pyridine rings is 2. The molecule has 0 fully saturated rings. The van der Waals surface area contributed by atoms with Gasteiger partial charge in [-0.15, -0.1) is 9.32 Å². The summed E-state index contributed by atoms with van der Waals surface area (Å²) in [4.78, 5) is 13.0. The Hall–Kier alpha value is -1.47. The Balaban J connectivity index is 2.13. The summed E-state index contributed by atoms with van der Waals surface area (Å²) >= 11 is 1.00. The molecule has 0 saturated carbocycles. The molecule has 5 nitrogen and oxygen atoms in total. The van der Waals surface area contributed by atoms with E-state index >= 15 is 0 Å². The van der Waals surface area contributed by atoms with Crippen LogP contribution < -0.4 is 5.90 Å². The van der Waals surface area contributed by atoms with Crippen molar-refractivity contribution < 1.29 is 9.32 Å². The summed E-state index contributed by atoms with van der Waals surface area (Å²) in [5.41, 5.74) is 1.89. The van der Waals surface area contributed by atoms with Gasteiger partial charge < -0.3 is 0 Å². The number of rotatable bonds is 4. The molecule has 0 spiro atoms. The van der Waals surface area contributed by atoms with Gasteiger partial charge in [-0.05, 0) is 24.3 Å². The molecule has 0 bridgehead atoms. The highest BCUT2D eigenvalue weighted by atomic mass is 32.2. The molecule has 16 heavy (non-hydrogen) atoms. The highest BCUT2D eigenvalue weighted by molar-refractivity contribution is 7.94. The molecule has 6 heteroatoms. The lowest BCUT2D eigenvalue weighted by molar-refractivity contribution is -0.195. The van der Waals surface area contributed by atoms with Crippen LogP contribution in [0.2, 0.25) is 0 Å². The molecule has 0 aliphatic rings. The van der Waals surface area contributed by atoms with Crippen molar-refractivity contribution in [1.29, 1.82) is 0 Å². The van der Waals surface area contributed by atoms with Crippen molar-refractivity contribution in [2.75, 3.05) is 0 Å². The molecule has 2 N–H and O–H groups in total. The summed E-state index contributed by atoms with van der Waals surface area (Å²) in [5.74, 6) is 4.73. The normalized spacial score (nSPS) is 10.3. The number of nitrogens with zero attached hydrogens (tertiary/aromatic N) is 2. The predicted octanol–water partition coefficient (Wildman–Crippen LogP) is 1.97. The van der Waals surface area contributed by atoms with E-state index < -0.39 is 0 Å². The number of nitrogens with two attached hydrogens (primary N) is 1. The van der Waals surface area contributed by atoms with E-state index in [1.54, 1.807) is 18.6 Å². The van der Waals surface area contributed by atoms with E-state index in [1.165, 1.54) is 0 Å². The first-order valence-electron chi connectivity index (χ1n) is 4.46. The molecule has 2 aromatic rings. The van der Waals surface area contributed by atoms with Crippen LogP contribution in [0.4, 0.5) is 0 Å². The molecular weight excluding hydrogens is 226 g/mol. The molecule has 2 aromatic heterocycles. The fourth-order valence-corrected chi connectivity index (χ4v) is 1.52. The third kappa shape index (κ3) is 2.77. The van der Waals surface area contributed by atoms with E-state index in [4.69, 9.17) is 5.90 Å². The van der Waals surface area contributed by atoms with Gasteiger partial charge in [-0.25, -0.2) is 0 Å². The Kier molecular flexibility index (Phi) is 3.84. The summed E-state index contributed by atoms with van der Waals surface area (Å²) in [6.45, 7) is 0. The molecule has 0 unspecified atom stereocenters. The first kappa shape index (κ1) is 11.0. The van der Waals surface area contributed by atoms with Gasteiger partial charge in [-0.1, -0.05) is 0 Å². The number of aromatic nitrogens is 2. The monoisotopic (exact) mass is 235 g/mol. The summed E-state index contributed by atoms with van der Waals surface area (Å²) in [7, 11) is 0. The molecule has 2 rings (SSSR count). The zero-order valence-corrected chi connectivity index (χ0v) is 9.05. The summed E-state index contributed by atoms with van der Waals surface area (Å²) in [6.07, 6.45) is 5.13. The molecule has 0 aliphatic heterocycles. The van der Waals surface area contributed by atoms with Crippen molar-refractivity contribution in [2.24, 2.45) is 5.90 Å². The second-order valence-electron chi connectivity index (χ2n) is 2.86. The second-order valence-corrected chi connectivity index (χ2v) is 3.64. The number of hydrogen-bond donors (Lipinski definition) is 1. The van der Waals surface area contributed by atoms with Crippen LogP contribution in [0.25, 0.3) is 11.3 Å². The van der Waals surface area contributed by atoms with Crippen molar-refractivity contribution in [2.45, 2.75) is 4.90 Å². The Morgan fingerprint density at radius 1 is 1.12 bits per heavy atom. The zero-order chi connectivity index (χ0) is 11.2. The standard InChI is InChI=1S/C10H9N3O2S/c11-14-15-16-9-1-2-10(13-7-9)8-3-5-12-6-4-8/h1-7H,11H2. The number of hydrogen-bond acceptors (Lipinski definition) is 6. The smallest absolute Gasteiger partial charge is 0.0719 e. The Morgan fingerprint density at radius 2 is 1.94 bits per heavy atom. The fraction of sp³-hybridized carbons (Fsp3) is 0. The first-order valence-corrected chi connectivity index (χ1v) is 5.21. The Morgan fingerprint density at radius 3 is 2.56 bits per heavy atom. The van der Waals surface area contributed by atoms with E-state index in [0.717, 1.165) is 28.2 Å². The molecule has 2 heterocycles. The molecule has 0 atom stereocenters. The van der Waals surface area contributed by atoms with Gasteiger partial charge in [0.2, 0.25) is 0 Å². The average molecular weight is 235 g/mol. The maximum atomic E-state index is 4.73. The van der Waals surface area contributed by atoms with Crippen LogP contribution >= 0.6 is 12.0 Å².